The third kappa shape index (κ3) is 2.77. The lowest BCUT2D eigenvalue weighted by Gasteiger charge is -2.10. The summed E-state index contributed by atoms with van der Waals surface area (Å²) >= 11 is 2.89. The van der Waals surface area contributed by atoms with Crippen molar-refractivity contribution in [3.8, 4) is 5.75 Å². The Morgan fingerprint density at radius 3 is 2.45 bits per heavy atom. The van der Waals surface area contributed by atoms with Gasteiger partial charge in [-0.3, -0.25) is 4.79 Å². The third-order valence-electron chi connectivity index (χ3n) is 2.46. The van der Waals surface area contributed by atoms with Gasteiger partial charge in [0.15, 0.2) is 5.82 Å². The van der Waals surface area contributed by atoms with E-state index in [4.69, 9.17) is 0 Å². The van der Waals surface area contributed by atoms with Gasteiger partial charge in [0, 0.05) is 10.5 Å². The van der Waals surface area contributed by atoms with Crippen LogP contribution in [0, 0.1) is 17.5 Å². The first-order valence-electron chi connectivity index (χ1n) is 5.33. The Balaban J connectivity index is 2.38. The van der Waals surface area contributed by atoms with Crippen LogP contribution in [-0.4, -0.2) is 11.0 Å². The fourth-order valence-corrected chi connectivity index (χ4v) is 2.08. The Kier molecular flexibility index (Phi) is 3.99. The van der Waals surface area contributed by atoms with Gasteiger partial charge in [0.05, 0.1) is 5.69 Å². The van der Waals surface area contributed by atoms with Crippen molar-refractivity contribution in [2.24, 2.45) is 0 Å². The van der Waals surface area contributed by atoms with Gasteiger partial charge in [0.25, 0.3) is 5.91 Å². The monoisotopic (exact) mass is 345 g/mol. The number of phenolic OH excluding ortho intramolecular Hbond substituents is 1. The highest BCUT2D eigenvalue weighted by Gasteiger charge is 2.19. The fraction of sp³-hybridized carbons (Fsp3) is 0. The zero-order valence-corrected chi connectivity index (χ0v) is 11.3. The van der Waals surface area contributed by atoms with Crippen molar-refractivity contribution in [1.82, 2.24) is 0 Å². The Morgan fingerprint density at radius 2 is 1.85 bits per heavy atom. The van der Waals surface area contributed by atoms with Gasteiger partial charge >= 0.3 is 0 Å². The molecular formula is C13H7BrF3NO2. The lowest BCUT2D eigenvalue weighted by Crippen LogP contribution is -2.15. The summed E-state index contributed by atoms with van der Waals surface area (Å²) in [7, 11) is 0. The van der Waals surface area contributed by atoms with Crippen LogP contribution in [0.3, 0.4) is 0 Å². The smallest absolute Gasteiger partial charge is 0.262 e. The van der Waals surface area contributed by atoms with Crippen molar-refractivity contribution in [3.63, 3.8) is 0 Å². The lowest BCUT2D eigenvalue weighted by molar-refractivity contribution is 0.101. The molecule has 3 nitrogen and oxygen atoms in total. The SMILES string of the molecule is O=C(Nc1c(F)cc(F)cc1Br)c1c(O)cccc1F. The summed E-state index contributed by atoms with van der Waals surface area (Å²) < 4.78 is 39.9. The van der Waals surface area contributed by atoms with E-state index in [9.17, 15) is 23.1 Å². The normalized spacial score (nSPS) is 10.4. The first-order chi connectivity index (χ1) is 9.40. The molecule has 2 aromatic rings. The van der Waals surface area contributed by atoms with E-state index in [0.29, 0.717) is 6.07 Å². The van der Waals surface area contributed by atoms with Gasteiger partial charge in [0.2, 0.25) is 0 Å². The maximum Gasteiger partial charge on any atom is 0.262 e. The molecule has 20 heavy (non-hydrogen) atoms. The standard InChI is InChI=1S/C13H7BrF3NO2/c14-7-4-6(15)5-9(17)12(7)18-13(20)11-8(16)2-1-3-10(11)19/h1-5,19H,(H,18,20). The molecule has 0 bridgehead atoms. The third-order valence-corrected chi connectivity index (χ3v) is 3.09. The summed E-state index contributed by atoms with van der Waals surface area (Å²) in [6, 6.07) is 4.83. The number of anilines is 1. The fourth-order valence-electron chi connectivity index (χ4n) is 1.58. The lowest BCUT2D eigenvalue weighted by atomic mass is 10.1. The average molecular weight is 346 g/mol. The zero-order valence-electron chi connectivity index (χ0n) is 9.75. The molecule has 0 saturated heterocycles. The van der Waals surface area contributed by atoms with Gasteiger partial charge in [-0.15, -0.1) is 0 Å². The number of carbonyl (C=O) groups is 1. The molecule has 0 spiro atoms. The summed E-state index contributed by atoms with van der Waals surface area (Å²) in [5, 5.41) is 11.5. The van der Waals surface area contributed by atoms with Gasteiger partial charge in [-0.25, -0.2) is 13.2 Å². The van der Waals surface area contributed by atoms with E-state index in [1.165, 1.54) is 6.07 Å². The van der Waals surface area contributed by atoms with Crippen LogP contribution in [0.15, 0.2) is 34.8 Å². The van der Waals surface area contributed by atoms with Crippen molar-refractivity contribution >= 4 is 27.5 Å². The second-order valence-electron chi connectivity index (χ2n) is 3.83. The zero-order chi connectivity index (χ0) is 14.9. The van der Waals surface area contributed by atoms with Crippen LogP contribution in [0.1, 0.15) is 10.4 Å². The van der Waals surface area contributed by atoms with E-state index in [1.807, 2.05) is 0 Å². The summed E-state index contributed by atoms with van der Waals surface area (Å²) in [6.07, 6.45) is 0. The molecule has 2 N–H and O–H groups in total. The molecule has 2 rings (SSSR count). The molecule has 0 aliphatic carbocycles. The van der Waals surface area contributed by atoms with Crippen LogP contribution >= 0.6 is 15.9 Å². The van der Waals surface area contributed by atoms with E-state index < -0.39 is 34.7 Å². The maximum absolute atomic E-state index is 13.5. The van der Waals surface area contributed by atoms with Crippen LogP contribution in [0.25, 0.3) is 0 Å². The quantitative estimate of drug-likeness (QED) is 0.869. The van der Waals surface area contributed by atoms with Gasteiger partial charge in [-0.2, -0.15) is 0 Å². The molecular weight excluding hydrogens is 339 g/mol. The number of hydrogen-bond donors (Lipinski definition) is 2. The van der Waals surface area contributed by atoms with Crippen LogP contribution in [-0.2, 0) is 0 Å². The Bertz CT molecular complexity index is 648. The average Bonchev–Trinajstić information content (AvgIpc) is 2.33. The molecule has 0 aliphatic heterocycles. The first-order valence-corrected chi connectivity index (χ1v) is 6.13. The van der Waals surface area contributed by atoms with Gasteiger partial charge in [0.1, 0.15) is 22.9 Å². The van der Waals surface area contributed by atoms with Crippen molar-refractivity contribution in [3.05, 3.63) is 57.8 Å². The number of nitrogens with one attached hydrogen (secondary N) is 1. The predicted octanol–water partition coefficient (Wildman–Crippen LogP) is 3.82. The van der Waals surface area contributed by atoms with Crippen LogP contribution < -0.4 is 5.32 Å². The van der Waals surface area contributed by atoms with E-state index in [2.05, 4.69) is 21.2 Å². The minimum absolute atomic E-state index is 0.0424. The molecule has 0 radical (unpaired) electrons. The number of carbonyl (C=O) groups excluding carboxylic acids is 1. The van der Waals surface area contributed by atoms with E-state index in [1.54, 1.807) is 0 Å². The molecule has 0 atom stereocenters. The minimum Gasteiger partial charge on any atom is -0.507 e. The van der Waals surface area contributed by atoms with Crippen molar-refractivity contribution in [2.75, 3.05) is 5.32 Å². The number of rotatable bonds is 2. The highest BCUT2D eigenvalue weighted by Crippen LogP contribution is 2.28. The molecule has 0 aliphatic rings. The number of hydrogen-bond acceptors (Lipinski definition) is 2. The largest absolute Gasteiger partial charge is 0.507 e. The maximum atomic E-state index is 13.5. The number of halogens is 4. The Morgan fingerprint density at radius 1 is 1.15 bits per heavy atom. The Hall–Kier alpha value is -2.02. The van der Waals surface area contributed by atoms with Crippen molar-refractivity contribution in [1.29, 1.82) is 0 Å². The number of aromatic hydroxyl groups is 1. The molecule has 0 aromatic heterocycles. The molecule has 0 saturated carbocycles. The van der Waals surface area contributed by atoms with Crippen LogP contribution in [0.5, 0.6) is 5.75 Å². The second-order valence-corrected chi connectivity index (χ2v) is 4.69. The van der Waals surface area contributed by atoms with Gasteiger partial charge < -0.3 is 10.4 Å². The van der Waals surface area contributed by atoms with Crippen LogP contribution in [0.4, 0.5) is 18.9 Å². The summed E-state index contributed by atoms with van der Waals surface area (Å²) in [5.41, 5.74) is -0.970. The van der Waals surface area contributed by atoms with Gasteiger partial charge in [-0.1, -0.05) is 6.07 Å². The van der Waals surface area contributed by atoms with E-state index >= 15 is 0 Å². The number of benzene rings is 2. The van der Waals surface area contributed by atoms with Crippen molar-refractivity contribution < 1.29 is 23.1 Å². The highest BCUT2D eigenvalue weighted by atomic mass is 79.9. The Labute approximate surface area is 120 Å². The molecule has 1 amide bonds. The summed E-state index contributed by atoms with van der Waals surface area (Å²) in [6.45, 7) is 0. The molecule has 0 unspecified atom stereocenters. The van der Waals surface area contributed by atoms with E-state index in [-0.39, 0.29) is 10.2 Å². The van der Waals surface area contributed by atoms with Crippen LogP contribution in [0.2, 0.25) is 0 Å². The van der Waals surface area contributed by atoms with E-state index in [0.717, 1.165) is 18.2 Å². The predicted molar refractivity (Wildman–Crippen MR) is 70.1 cm³/mol. The van der Waals surface area contributed by atoms with Gasteiger partial charge in [-0.05, 0) is 34.1 Å². The summed E-state index contributed by atoms with van der Waals surface area (Å²) in [4.78, 5) is 11.9. The second kappa shape index (κ2) is 5.54. The minimum atomic E-state index is -1.05. The number of phenols is 1. The molecule has 0 fully saturated rings. The molecule has 7 heteroatoms. The molecule has 2 aromatic carbocycles. The first kappa shape index (κ1) is 14.4. The number of amides is 1. The van der Waals surface area contributed by atoms with Crippen molar-refractivity contribution in [2.45, 2.75) is 0 Å². The summed E-state index contributed by atoms with van der Waals surface area (Å²) in [5.74, 6) is -4.45. The highest BCUT2D eigenvalue weighted by molar-refractivity contribution is 9.10. The molecule has 104 valence electrons. The topological polar surface area (TPSA) is 49.3 Å². The molecule has 0 heterocycles.